The quantitative estimate of drug-likeness (QED) is 0.0864. The molecule has 0 saturated heterocycles. The van der Waals surface area contributed by atoms with Crippen molar-refractivity contribution in [2.24, 2.45) is 5.92 Å². The summed E-state index contributed by atoms with van der Waals surface area (Å²) in [6.07, 6.45) is 2.46. The largest absolute Gasteiger partial charge is 0.466 e. The van der Waals surface area contributed by atoms with Crippen molar-refractivity contribution in [1.82, 2.24) is 0 Å². The van der Waals surface area contributed by atoms with Gasteiger partial charge < -0.3 is 9.47 Å². The third-order valence-corrected chi connectivity index (χ3v) is 34.8. The van der Waals surface area contributed by atoms with Crippen LogP contribution < -0.4 is 15.9 Å². The molecule has 36 rings (SSSR count). The molecule has 0 amide bonds. The second-order valence-electron chi connectivity index (χ2n) is 32.4. The Kier molecular flexibility index (Phi) is 4.81. The Morgan fingerprint density at radius 2 is 0.510 bits per heavy atom. The average molecular weight is 1220 g/mol. The van der Waals surface area contributed by atoms with Gasteiger partial charge in [-0.2, -0.15) is 0 Å². The summed E-state index contributed by atoms with van der Waals surface area (Å²) in [6.45, 7) is 7.55. The monoisotopic (exact) mass is 1220 g/mol. The second-order valence-corrected chi connectivity index (χ2v) is 35.7. The number of rotatable bonds is 8. The maximum Gasteiger partial charge on any atom is 0.339 e. The Morgan fingerprint density at radius 1 is 0.302 bits per heavy atom. The van der Waals surface area contributed by atoms with Gasteiger partial charge in [0, 0.05) is 0 Å². The van der Waals surface area contributed by atoms with Crippen LogP contribution in [0.2, 0.25) is 0 Å². The lowest BCUT2D eigenvalue weighted by Crippen LogP contribution is -2.56. The van der Waals surface area contributed by atoms with Crippen LogP contribution in [0.25, 0.3) is 291 Å². The molecule has 0 bridgehead atoms. The van der Waals surface area contributed by atoms with Crippen molar-refractivity contribution in [1.29, 1.82) is 0 Å². The van der Waals surface area contributed by atoms with E-state index in [0.717, 1.165) is 38.2 Å². The molecule has 0 N–H and O–H groups in total. The maximum absolute atomic E-state index is 17.8. The molecule has 4 nitrogen and oxygen atoms in total. The fraction of sp³-hybridized carbons (Fsp3) is 0.110. The van der Waals surface area contributed by atoms with Crippen molar-refractivity contribution >= 4 is 331 Å². The molecule has 0 aromatic heterocycles. The Morgan fingerprint density at radius 3 is 0.729 bits per heavy atom. The lowest BCUT2D eigenvalue weighted by molar-refractivity contribution is -0.148. The normalized spacial score (nSPS) is 20.3. The van der Waals surface area contributed by atoms with E-state index in [2.05, 4.69) is 99.6 Å². The van der Waals surface area contributed by atoms with Gasteiger partial charge in [0.2, 0.25) is 0 Å². The molecule has 31 aromatic carbocycles. The summed E-state index contributed by atoms with van der Waals surface area (Å²) in [5, 5.41) is 84.7. The predicted molar refractivity (Wildman–Crippen MR) is 403 cm³/mol. The molecule has 2 spiro atoms. The number of carbonyl (C=O) groups excluding carboxylic acids is 2. The molecule has 5 aliphatic rings. The molecule has 0 radical (unpaired) electrons. The van der Waals surface area contributed by atoms with Crippen molar-refractivity contribution in [2.45, 2.75) is 45.4 Å². The molecule has 426 valence electrons. The summed E-state index contributed by atoms with van der Waals surface area (Å²) in [4.78, 5) is 35.2. The summed E-state index contributed by atoms with van der Waals surface area (Å²) in [6, 6.07) is 27.7. The van der Waals surface area contributed by atoms with E-state index in [1.807, 2.05) is 13.8 Å². The Balaban J connectivity index is 0.969. The van der Waals surface area contributed by atoms with Crippen molar-refractivity contribution in [3.63, 3.8) is 0 Å². The lowest BCUT2D eigenvalue weighted by atomic mass is 9.46. The van der Waals surface area contributed by atoms with E-state index in [-0.39, 0.29) is 25.2 Å². The predicted octanol–water partition coefficient (Wildman–Crippen LogP) is 21.1. The molecule has 0 aliphatic heterocycles. The molecule has 0 fully saturated rings. The highest BCUT2D eigenvalue weighted by molar-refractivity contribution is 7.96. The summed E-state index contributed by atoms with van der Waals surface area (Å²) in [5.41, 5.74) is 7.64. The van der Waals surface area contributed by atoms with Crippen LogP contribution in [-0.4, -0.2) is 30.4 Å². The van der Waals surface area contributed by atoms with Gasteiger partial charge in [0.1, 0.15) is 0 Å². The molecule has 0 heterocycles. The van der Waals surface area contributed by atoms with E-state index in [4.69, 9.17) is 9.47 Å². The van der Waals surface area contributed by atoms with E-state index >= 15 is 9.59 Å². The summed E-state index contributed by atoms with van der Waals surface area (Å²) < 4.78 is 14.1. The minimum atomic E-state index is -3.44. The number of aryl methyl sites for hydroxylation is 3. The molecular formula is C91H33O4P. The van der Waals surface area contributed by atoms with Crippen molar-refractivity contribution in [3.8, 4) is 0 Å². The maximum atomic E-state index is 17.8. The number of hydrogen-bond donors (Lipinski definition) is 0. The minimum Gasteiger partial charge on any atom is -0.466 e. The van der Waals surface area contributed by atoms with Gasteiger partial charge >= 0.3 is 11.9 Å². The summed E-state index contributed by atoms with van der Waals surface area (Å²) >= 11 is 0. The van der Waals surface area contributed by atoms with Gasteiger partial charge in [0.15, 0.2) is 0 Å². The molecule has 31 aromatic rings. The third kappa shape index (κ3) is 2.76. The smallest absolute Gasteiger partial charge is 0.339 e. The number of ether oxygens (including phenoxy) is 2. The van der Waals surface area contributed by atoms with Gasteiger partial charge in [-0.25, -0.2) is 4.79 Å². The second kappa shape index (κ2) is 10.9. The highest BCUT2D eigenvalue weighted by atomic mass is 31.2. The number of esters is 2. The standard InChI is InChI=1S/C91H33O4P/c1-6-94-88(92)28-20-27(87(89(93)95-7-2)96(24-14-8-21(3)9-15-24,25-16-10-22(4)11-17-25)26-18-12-23(5)13-19-26)90-83-75-67-57-47-39-31-29-30-33-37-35(31)43-51-45(37)55-49-41(33)42-34(30)38-36-32(29)40(39)48-54-44(36)52-46(38)56-50(42)60-59(49)69-63(55)73-65(51)71(61(67)53(43)47)77(83)81(73)85-79(69)80-70(60)64(56)74-66(52)72-62(54)68(58(48)57)76(75)84(90)78(72)82(74)86(80)91(28,85)90/h8-20,28H,6-7H2,1-5H3. The van der Waals surface area contributed by atoms with Crippen LogP contribution >= 0.6 is 6.89 Å². The molecule has 96 heavy (non-hydrogen) atoms. The van der Waals surface area contributed by atoms with E-state index in [1.54, 1.807) is 75.4 Å². The number of hydrogen-bond acceptors (Lipinski definition) is 4. The van der Waals surface area contributed by atoms with E-state index in [9.17, 15) is 0 Å². The van der Waals surface area contributed by atoms with E-state index in [1.165, 1.54) is 238 Å². The zero-order valence-corrected chi connectivity index (χ0v) is 52.5. The molecular weight excluding hydrogens is 1190 g/mol. The van der Waals surface area contributed by atoms with Gasteiger partial charge in [-0.3, -0.25) is 4.79 Å². The third-order valence-electron chi connectivity index (χ3n) is 30.4. The summed E-state index contributed by atoms with van der Waals surface area (Å²) in [7, 11) is 0. The zero-order chi connectivity index (χ0) is 60.4. The van der Waals surface area contributed by atoms with Crippen LogP contribution in [0.3, 0.4) is 0 Å². The van der Waals surface area contributed by atoms with Crippen LogP contribution in [0.5, 0.6) is 0 Å². The van der Waals surface area contributed by atoms with Gasteiger partial charge in [0.25, 0.3) is 0 Å². The molecule has 5 heteroatoms. The molecule has 1 atom stereocenters. The first kappa shape index (κ1) is 42.4. The highest BCUT2D eigenvalue weighted by Crippen LogP contribution is 2.88. The average Bonchev–Trinajstić information content (AvgIpc) is 1.38. The van der Waals surface area contributed by atoms with Crippen LogP contribution in [0, 0.1) is 26.7 Å². The van der Waals surface area contributed by atoms with E-state index in [0.29, 0.717) is 5.29 Å². The fourth-order valence-corrected chi connectivity index (χ4v) is 33.7. The van der Waals surface area contributed by atoms with Crippen molar-refractivity contribution in [3.05, 3.63) is 123 Å². The minimum absolute atomic E-state index is 0.190. The van der Waals surface area contributed by atoms with Crippen molar-refractivity contribution < 1.29 is 19.1 Å². The molecule has 5 aliphatic carbocycles. The van der Waals surface area contributed by atoms with Gasteiger partial charge in [-0.15, -0.1) is 0 Å². The SMILES string of the molecule is CCOC(=O)C(C1=CC(C(=O)OCC)C23c4c5c6c7c8c9c(c%10c%11c2c2c4c4c%12c5c5c6c6c8c8c%13c9c9c%10c%10c%11c%11c2c2c4c4c%12c%12c5c5c6c8c6c8c%13c9c9c%10c%10c%11c2c2c4c4c%12c5c6c5c8c9c%10c2c45)C173)=P(c1ccc(C)cc1)(c1ccc(C)cc1)c1ccc(C)cc1. The molecule has 0 saturated carbocycles. The van der Waals surface area contributed by atoms with Crippen LogP contribution in [0.4, 0.5) is 0 Å². The summed E-state index contributed by atoms with van der Waals surface area (Å²) in [5.74, 6) is -1.34. The van der Waals surface area contributed by atoms with Crippen LogP contribution in [0.1, 0.15) is 52.8 Å². The number of carbonyl (C=O) groups is 2. The first-order valence-corrected chi connectivity index (χ1v) is 36.9. The number of benzene rings is 21. The lowest BCUT2D eigenvalue weighted by Gasteiger charge is -2.54. The van der Waals surface area contributed by atoms with Gasteiger partial charge in [0.05, 0.1) is 35.3 Å². The van der Waals surface area contributed by atoms with Gasteiger partial charge in [-0.05, 0) is 376 Å². The van der Waals surface area contributed by atoms with E-state index < -0.39 is 23.6 Å². The van der Waals surface area contributed by atoms with Crippen molar-refractivity contribution in [2.75, 3.05) is 13.2 Å². The Bertz CT molecular complexity index is 8680. The molecule has 1 unspecified atom stereocenters. The Hall–Kier alpha value is -10.9. The van der Waals surface area contributed by atoms with Gasteiger partial charge in [-0.1, -0.05) is 95.6 Å². The Labute approximate surface area is 534 Å². The van der Waals surface area contributed by atoms with Crippen LogP contribution in [0.15, 0.2) is 84.4 Å². The topological polar surface area (TPSA) is 52.6 Å². The zero-order valence-electron chi connectivity index (χ0n) is 51.6. The van der Waals surface area contributed by atoms with Crippen LogP contribution in [-0.2, 0) is 29.9 Å². The fourth-order valence-electron chi connectivity index (χ4n) is 29.3. The highest BCUT2D eigenvalue weighted by Gasteiger charge is 2.77. The first-order chi connectivity index (χ1) is 47.3. The first-order valence-electron chi connectivity index (χ1n) is 35.1.